The molecule has 1 aliphatic heterocycles. The lowest BCUT2D eigenvalue weighted by molar-refractivity contribution is 0.153. The van der Waals surface area contributed by atoms with Gasteiger partial charge in [-0.15, -0.1) is 0 Å². The zero-order chi connectivity index (χ0) is 13.2. The van der Waals surface area contributed by atoms with Crippen molar-refractivity contribution in [3.63, 3.8) is 0 Å². The molecule has 0 amide bonds. The van der Waals surface area contributed by atoms with Gasteiger partial charge in [0, 0.05) is 25.7 Å². The highest BCUT2D eigenvalue weighted by molar-refractivity contribution is 5.32. The van der Waals surface area contributed by atoms with Crippen LogP contribution in [0.5, 0.6) is 0 Å². The Kier molecular flexibility index (Phi) is 3.90. The molecule has 3 unspecified atom stereocenters. The van der Waals surface area contributed by atoms with Gasteiger partial charge in [-0.25, -0.2) is 0 Å². The first-order chi connectivity index (χ1) is 9.22. The molecule has 2 N–H and O–H groups in total. The van der Waals surface area contributed by atoms with E-state index in [-0.39, 0.29) is 0 Å². The first-order valence-electron chi connectivity index (χ1n) is 7.78. The van der Waals surface area contributed by atoms with E-state index in [2.05, 4.69) is 36.1 Å². The van der Waals surface area contributed by atoms with Gasteiger partial charge in [-0.05, 0) is 48.6 Å². The molecule has 1 heterocycles. The molecule has 0 spiro atoms. The number of piperidine rings is 1. The van der Waals surface area contributed by atoms with Crippen molar-refractivity contribution in [3.05, 3.63) is 35.4 Å². The van der Waals surface area contributed by atoms with Gasteiger partial charge >= 0.3 is 0 Å². The minimum Gasteiger partial charge on any atom is -0.327 e. The summed E-state index contributed by atoms with van der Waals surface area (Å²) in [7, 11) is 0. The summed E-state index contributed by atoms with van der Waals surface area (Å²) < 4.78 is 0. The van der Waals surface area contributed by atoms with Crippen molar-refractivity contribution in [2.75, 3.05) is 19.6 Å². The molecule has 104 valence electrons. The lowest BCUT2D eigenvalue weighted by Crippen LogP contribution is -2.47. The van der Waals surface area contributed by atoms with Crippen LogP contribution in [0.25, 0.3) is 0 Å². The fourth-order valence-electron chi connectivity index (χ4n) is 4.02. The molecule has 2 heteroatoms. The van der Waals surface area contributed by atoms with Crippen LogP contribution in [0.4, 0.5) is 0 Å². The highest BCUT2D eigenvalue weighted by Crippen LogP contribution is 2.32. The Morgan fingerprint density at radius 2 is 2.11 bits per heavy atom. The summed E-state index contributed by atoms with van der Waals surface area (Å²) >= 11 is 0. The molecule has 1 aromatic rings. The van der Waals surface area contributed by atoms with Crippen molar-refractivity contribution in [1.82, 2.24) is 4.90 Å². The topological polar surface area (TPSA) is 29.3 Å². The summed E-state index contributed by atoms with van der Waals surface area (Å²) in [6.45, 7) is 5.85. The number of nitrogens with two attached hydrogens (primary N) is 1. The monoisotopic (exact) mass is 258 g/mol. The maximum atomic E-state index is 6.17. The van der Waals surface area contributed by atoms with Crippen LogP contribution in [0.3, 0.4) is 0 Å². The van der Waals surface area contributed by atoms with E-state index >= 15 is 0 Å². The lowest BCUT2D eigenvalue weighted by atomic mass is 9.82. The van der Waals surface area contributed by atoms with Gasteiger partial charge in [-0.2, -0.15) is 0 Å². The van der Waals surface area contributed by atoms with Crippen molar-refractivity contribution < 1.29 is 0 Å². The number of hydrogen-bond donors (Lipinski definition) is 1. The third-order valence-corrected chi connectivity index (χ3v) is 4.74. The summed E-state index contributed by atoms with van der Waals surface area (Å²) in [6, 6.07) is 9.41. The second-order valence-electron chi connectivity index (χ2n) is 6.61. The quantitative estimate of drug-likeness (QED) is 0.884. The Morgan fingerprint density at radius 3 is 2.95 bits per heavy atom. The summed E-state index contributed by atoms with van der Waals surface area (Å²) in [4.78, 5) is 2.60. The third kappa shape index (κ3) is 3.01. The number of benzene rings is 1. The molecule has 0 bridgehead atoms. The zero-order valence-electron chi connectivity index (χ0n) is 12.0. The molecular weight excluding hydrogens is 232 g/mol. The summed E-state index contributed by atoms with van der Waals surface area (Å²) in [5.74, 6) is 1.48. The number of hydrogen-bond acceptors (Lipinski definition) is 2. The second kappa shape index (κ2) is 5.64. The minimum absolute atomic E-state index is 0.377. The SMILES string of the molecule is CC1CC(N)CN(CC2CCCc3ccccc32)C1. The maximum absolute atomic E-state index is 6.17. The Hall–Kier alpha value is -0.860. The van der Waals surface area contributed by atoms with E-state index in [1.165, 1.54) is 38.8 Å². The minimum atomic E-state index is 0.377. The largest absolute Gasteiger partial charge is 0.327 e. The van der Waals surface area contributed by atoms with Gasteiger partial charge in [-0.3, -0.25) is 0 Å². The van der Waals surface area contributed by atoms with Gasteiger partial charge in [0.05, 0.1) is 0 Å². The van der Waals surface area contributed by atoms with E-state index in [1.54, 1.807) is 11.1 Å². The van der Waals surface area contributed by atoms with Crippen LogP contribution < -0.4 is 5.73 Å². The molecule has 19 heavy (non-hydrogen) atoms. The molecule has 1 aliphatic carbocycles. The lowest BCUT2D eigenvalue weighted by Gasteiger charge is -2.38. The molecule has 3 atom stereocenters. The average Bonchev–Trinajstić information content (AvgIpc) is 2.38. The Morgan fingerprint density at radius 1 is 1.26 bits per heavy atom. The van der Waals surface area contributed by atoms with Gasteiger partial charge in [0.1, 0.15) is 0 Å². The third-order valence-electron chi connectivity index (χ3n) is 4.74. The second-order valence-corrected chi connectivity index (χ2v) is 6.61. The summed E-state index contributed by atoms with van der Waals surface area (Å²) in [5, 5.41) is 0. The molecule has 1 aromatic carbocycles. The number of fused-ring (bicyclic) bond motifs is 1. The molecule has 2 nitrogen and oxygen atoms in total. The van der Waals surface area contributed by atoms with E-state index in [4.69, 9.17) is 5.73 Å². The van der Waals surface area contributed by atoms with Crippen LogP contribution in [0.2, 0.25) is 0 Å². The van der Waals surface area contributed by atoms with Crippen molar-refractivity contribution in [2.45, 2.75) is 44.6 Å². The molecule has 2 aliphatic rings. The molecule has 1 saturated heterocycles. The van der Waals surface area contributed by atoms with Gasteiger partial charge in [0.25, 0.3) is 0 Å². The van der Waals surface area contributed by atoms with Gasteiger partial charge in [0.15, 0.2) is 0 Å². The zero-order valence-corrected chi connectivity index (χ0v) is 12.0. The molecule has 0 radical (unpaired) electrons. The number of likely N-dealkylation sites (tertiary alicyclic amines) is 1. The molecule has 0 saturated carbocycles. The smallest absolute Gasteiger partial charge is 0.0170 e. The maximum Gasteiger partial charge on any atom is 0.0170 e. The number of nitrogens with zero attached hydrogens (tertiary/aromatic N) is 1. The normalized spacial score (nSPS) is 32.0. The average molecular weight is 258 g/mol. The van der Waals surface area contributed by atoms with Crippen LogP contribution in [0, 0.1) is 5.92 Å². The predicted octanol–water partition coefficient (Wildman–Crippen LogP) is 2.78. The molecule has 3 rings (SSSR count). The summed E-state index contributed by atoms with van der Waals surface area (Å²) in [5.41, 5.74) is 9.35. The van der Waals surface area contributed by atoms with Crippen molar-refractivity contribution in [3.8, 4) is 0 Å². The van der Waals surface area contributed by atoms with Crippen LogP contribution in [0.15, 0.2) is 24.3 Å². The Balaban J connectivity index is 1.70. The first kappa shape index (κ1) is 13.1. The highest BCUT2D eigenvalue weighted by atomic mass is 15.1. The first-order valence-corrected chi connectivity index (χ1v) is 7.78. The molecule has 1 fully saturated rings. The van der Waals surface area contributed by atoms with Crippen LogP contribution in [-0.2, 0) is 6.42 Å². The van der Waals surface area contributed by atoms with Crippen LogP contribution in [0.1, 0.15) is 43.2 Å². The van der Waals surface area contributed by atoms with Crippen molar-refractivity contribution >= 4 is 0 Å². The fourth-order valence-corrected chi connectivity index (χ4v) is 4.02. The Bertz CT molecular complexity index is 419. The molecule has 0 aromatic heterocycles. The van der Waals surface area contributed by atoms with E-state index in [9.17, 15) is 0 Å². The van der Waals surface area contributed by atoms with E-state index in [0.29, 0.717) is 6.04 Å². The Labute approximate surface area is 117 Å². The highest BCUT2D eigenvalue weighted by Gasteiger charge is 2.26. The number of aryl methyl sites for hydroxylation is 1. The standard InChI is InChI=1S/C17H26N2/c1-13-9-16(18)12-19(10-13)11-15-7-4-6-14-5-2-3-8-17(14)15/h2-3,5,8,13,15-16H,4,6-7,9-12,18H2,1H3. The fraction of sp³-hybridized carbons (Fsp3) is 0.647. The molecular formula is C17H26N2. The summed E-state index contributed by atoms with van der Waals surface area (Å²) in [6.07, 6.45) is 5.15. The van der Waals surface area contributed by atoms with E-state index in [0.717, 1.165) is 18.4 Å². The predicted molar refractivity (Wildman–Crippen MR) is 80.3 cm³/mol. The van der Waals surface area contributed by atoms with Crippen LogP contribution in [-0.4, -0.2) is 30.6 Å². The van der Waals surface area contributed by atoms with Gasteiger partial charge < -0.3 is 10.6 Å². The van der Waals surface area contributed by atoms with Gasteiger partial charge in [0.2, 0.25) is 0 Å². The number of rotatable bonds is 2. The van der Waals surface area contributed by atoms with Crippen molar-refractivity contribution in [2.24, 2.45) is 11.7 Å². The van der Waals surface area contributed by atoms with Gasteiger partial charge in [-0.1, -0.05) is 31.2 Å². The van der Waals surface area contributed by atoms with E-state index < -0.39 is 0 Å². The van der Waals surface area contributed by atoms with E-state index in [1.807, 2.05) is 0 Å². The van der Waals surface area contributed by atoms with Crippen LogP contribution >= 0.6 is 0 Å². The van der Waals surface area contributed by atoms with Crippen molar-refractivity contribution in [1.29, 1.82) is 0 Å².